The molecule has 1 saturated carbocycles. The van der Waals surface area contributed by atoms with Crippen LogP contribution in [0.3, 0.4) is 0 Å². The van der Waals surface area contributed by atoms with Crippen molar-refractivity contribution in [3.63, 3.8) is 0 Å². The SMILES string of the molecule is CCC(C)N(CC(=O)O)C(=O)CC1CC(c2ccccc2)C1. The van der Waals surface area contributed by atoms with E-state index in [1.54, 1.807) is 0 Å². The molecule has 1 N–H and O–H groups in total. The molecule has 2 rings (SSSR count). The first kappa shape index (κ1) is 16.5. The predicted octanol–water partition coefficient (Wildman–Crippen LogP) is 3.28. The molecule has 1 aliphatic carbocycles. The number of aliphatic carboxylic acids is 1. The quantitative estimate of drug-likeness (QED) is 0.841. The van der Waals surface area contributed by atoms with Gasteiger partial charge in [-0.2, -0.15) is 0 Å². The van der Waals surface area contributed by atoms with Crippen molar-refractivity contribution in [3.8, 4) is 0 Å². The van der Waals surface area contributed by atoms with E-state index in [1.807, 2.05) is 32.0 Å². The lowest BCUT2D eigenvalue weighted by Crippen LogP contribution is -2.43. The molecule has 0 aliphatic heterocycles. The number of carboxylic acid groups (broad SMARTS) is 1. The zero-order valence-corrected chi connectivity index (χ0v) is 13.4. The summed E-state index contributed by atoms with van der Waals surface area (Å²) in [4.78, 5) is 24.8. The van der Waals surface area contributed by atoms with Crippen molar-refractivity contribution in [2.45, 2.75) is 51.5 Å². The molecule has 0 radical (unpaired) electrons. The minimum Gasteiger partial charge on any atom is -0.480 e. The van der Waals surface area contributed by atoms with Crippen LogP contribution in [0.25, 0.3) is 0 Å². The second-order valence-electron chi connectivity index (χ2n) is 6.32. The summed E-state index contributed by atoms with van der Waals surface area (Å²) < 4.78 is 0. The number of hydrogen-bond acceptors (Lipinski definition) is 2. The Balaban J connectivity index is 1.85. The molecule has 4 nitrogen and oxygen atoms in total. The fourth-order valence-electron chi connectivity index (χ4n) is 3.12. The maximum atomic E-state index is 12.4. The molecule has 4 heteroatoms. The first-order valence-electron chi connectivity index (χ1n) is 8.07. The fraction of sp³-hybridized carbons (Fsp3) is 0.556. The van der Waals surface area contributed by atoms with E-state index in [-0.39, 0.29) is 18.5 Å². The molecule has 0 spiro atoms. The summed E-state index contributed by atoms with van der Waals surface area (Å²) in [7, 11) is 0. The lowest BCUT2D eigenvalue weighted by Gasteiger charge is -2.37. The van der Waals surface area contributed by atoms with Gasteiger partial charge in [0, 0.05) is 12.5 Å². The molecule has 120 valence electrons. The van der Waals surface area contributed by atoms with Gasteiger partial charge in [0.15, 0.2) is 0 Å². The summed E-state index contributed by atoms with van der Waals surface area (Å²) in [5.74, 6) is -0.0220. The van der Waals surface area contributed by atoms with Gasteiger partial charge in [-0.25, -0.2) is 0 Å². The number of hydrogen-bond donors (Lipinski definition) is 1. The van der Waals surface area contributed by atoms with Gasteiger partial charge in [-0.05, 0) is 43.6 Å². The topological polar surface area (TPSA) is 57.6 Å². The smallest absolute Gasteiger partial charge is 0.323 e. The summed E-state index contributed by atoms with van der Waals surface area (Å²) in [6, 6.07) is 10.4. The maximum Gasteiger partial charge on any atom is 0.323 e. The molecule has 0 saturated heterocycles. The average Bonchev–Trinajstić information content (AvgIpc) is 2.47. The highest BCUT2D eigenvalue weighted by Gasteiger charge is 2.33. The van der Waals surface area contributed by atoms with E-state index >= 15 is 0 Å². The summed E-state index contributed by atoms with van der Waals surface area (Å²) in [5.41, 5.74) is 1.34. The van der Waals surface area contributed by atoms with E-state index in [9.17, 15) is 9.59 Å². The monoisotopic (exact) mass is 303 g/mol. The maximum absolute atomic E-state index is 12.4. The van der Waals surface area contributed by atoms with Crippen LogP contribution in [0, 0.1) is 5.92 Å². The number of carbonyl (C=O) groups excluding carboxylic acids is 1. The highest BCUT2D eigenvalue weighted by atomic mass is 16.4. The zero-order valence-electron chi connectivity index (χ0n) is 13.4. The van der Waals surface area contributed by atoms with Crippen LogP contribution in [0.1, 0.15) is 51.0 Å². The van der Waals surface area contributed by atoms with Gasteiger partial charge >= 0.3 is 5.97 Å². The van der Waals surface area contributed by atoms with Crippen molar-refractivity contribution >= 4 is 11.9 Å². The normalized spacial score (nSPS) is 21.7. The summed E-state index contributed by atoms with van der Waals surface area (Å²) in [6.45, 7) is 3.69. The summed E-state index contributed by atoms with van der Waals surface area (Å²) in [6.07, 6.45) is 3.30. The zero-order chi connectivity index (χ0) is 16.1. The van der Waals surface area contributed by atoms with Crippen molar-refractivity contribution in [3.05, 3.63) is 35.9 Å². The van der Waals surface area contributed by atoms with Crippen LogP contribution < -0.4 is 0 Å². The van der Waals surface area contributed by atoms with Gasteiger partial charge in [-0.15, -0.1) is 0 Å². The second kappa shape index (κ2) is 7.43. The minimum absolute atomic E-state index is 0.0198. The Morgan fingerprint density at radius 1 is 1.27 bits per heavy atom. The Hall–Kier alpha value is -1.84. The fourth-order valence-corrected chi connectivity index (χ4v) is 3.12. The van der Waals surface area contributed by atoms with Gasteiger partial charge < -0.3 is 10.0 Å². The average molecular weight is 303 g/mol. The third-order valence-electron chi connectivity index (χ3n) is 4.72. The summed E-state index contributed by atoms with van der Waals surface area (Å²) >= 11 is 0. The molecule has 1 aromatic carbocycles. The third-order valence-corrected chi connectivity index (χ3v) is 4.72. The Labute approximate surface area is 132 Å². The number of carbonyl (C=O) groups is 2. The van der Waals surface area contributed by atoms with Gasteiger partial charge in [0.05, 0.1) is 0 Å². The second-order valence-corrected chi connectivity index (χ2v) is 6.32. The van der Waals surface area contributed by atoms with Gasteiger partial charge in [0.2, 0.25) is 5.91 Å². The molecule has 0 bridgehead atoms. The molecule has 1 fully saturated rings. The molecule has 1 aromatic rings. The van der Waals surface area contributed by atoms with Gasteiger partial charge in [-0.3, -0.25) is 9.59 Å². The Morgan fingerprint density at radius 3 is 2.45 bits per heavy atom. The van der Waals surface area contributed by atoms with E-state index in [2.05, 4.69) is 12.1 Å². The lowest BCUT2D eigenvalue weighted by molar-refractivity contribution is -0.146. The number of carboxylic acids is 1. The van der Waals surface area contributed by atoms with Crippen molar-refractivity contribution in [2.75, 3.05) is 6.54 Å². The summed E-state index contributed by atoms with van der Waals surface area (Å²) in [5, 5.41) is 8.98. The van der Waals surface area contributed by atoms with Crippen LogP contribution >= 0.6 is 0 Å². The molecular weight excluding hydrogens is 278 g/mol. The lowest BCUT2D eigenvalue weighted by atomic mass is 9.70. The molecule has 0 aromatic heterocycles. The van der Waals surface area contributed by atoms with Crippen molar-refractivity contribution in [1.82, 2.24) is 4.90 Å². The van der Waals surface area contributed by atoms with Crippen LogP contribution in [0.5, 0.6) is 0 Å². The van der Waals surface area contributed by atoms with Crippen molar-refractivity contribution in [2.24, 2.45) is 5.92 Å². The molecule has 1 aliphatic rings. The van der Waals surface area contributed by atoms with Crippen LogP contribution in [0.2, 0.25) is 0 Å². The number of rotatable bonds is 7. The van der Waals surface area contributed by atoms with Crippen LogP contribution in [-0.4, -0.2) is 34.5 Å². The van der Waals surface area contributed by atoms with E-state index < -0.39 is 5.97 Å². The molecule has 1 unspecified atom stereocenters. The van der Waals surface area contributed by atoms with Crippen LogP contribution in [0.4, 0.5) is 0 Å². The Morgan fingerprint density at radius 2 is 1.91 bits per heavy atom. The predicted molar refractivity (Wildman–Crippen MR) is 85.6 cm³/mol. The van der Waals surface area contributed by atoms with Gasteiger partial charge in [-0.1, -0.05) is 37.3 Å². The van der Waals surface area contributed by atoms with Gasteiger partial charge in [0.1, 0.15) is 6.54 Å². The third kappa shape index (κ3) is 4.09. The van der Waals surface area contributed by atoms with Crippen molar-refractivity contribution in [1.29, 1.82) is 0 Å². The Bertz CT molecular complexity index is 508. The Kier molecular flexibility index (Phi) is 5.58. The molecule has 1 amide bonds. The van der Waals surface area contributed by atoms with Crippen LogP contribution in [0.15, 0.2) is 30.3 Å². The van der Waals surface area contributed by atoms with E-state index in [0.29, 0.717) is 18.3 Å². The largest absolute Gasteiger partial charge is 0.480 e. The van der Waals surface area contributed by atoms with Crippen molar-refractivity contribution < 1.29 is 14.7 Å². The number of amides is 1. The molecule has 22 heavy (non-hydrogen) atoms. The minimum atomic E-state index is -0.940. The van der Waals surface area contributed by atoms with E-state index in [4.69, 9.17) is 5.11 Å². The van der Waals surface area contributed by atoms with E-state index in [0.717, 1.165) is 19.3 Å². The molecular formula is C18H25NO3. The first-order chi connectivity index (χ1) is 10.5. The standard InChI is InChI=1S/C18H25NO3/c1-3-13(2)19(12-18(21)22)17(20)11-14-9-16(10-14)15-7-5-4-6-8-15/h4-8,13-14,16H,3,9-12H2,1-2H3,(H,21,22). The van der Waals surface area contributed by atoms with Crippen LogP contribution in [-0.2, 0) is 9.59 Å². The number of benzene rings is 1. The van der Waals surface area contributed by atoms with E-state index in [1.165, 1.54) is 10.5 Å². The number of nitrogens with zero attached hydrogens (tertiary/aromatic N) is 1. The first-order valence-corrected chi connectivity index (χ1v) is 8.07. The highest BCUT2D eigenvalue weighted by Crippen LogP contribution is 2.43. The molecule has 1 atom stereocenters. The molecule has 0 heterocycles. The highest BCUT2D eigenvalue weighted by molar-refractivity contribution is 5.81. The van der Waals surface area contributed by atoms with Gasteiger partial charge in [0.25, 0.3) is 0 Å².